The third kappa shape index (κ3) is 5.11. The monoisotopic (exact) mass is 422 g/mol. The van der Waals surface area contributed by atoms with Crippen molar-refractivity contribution in [3.05, 3.63) is 59.4 Å². The number of halogens is 1. The van der Waals surface area contributed by atoms with Crippen LogP contribution in [0.3, 0.4) is 0 Å². The predicted molar refractivity (Wildman–Crippen MR) is 109 cm³/mol. The summed E-state index contributed by atoms with van der Waals surface area (Å²) in [5, 5.41) is 2.69. The summed E-state index contributed by atoms with van der Waals surface area (Å²) < 4.78 is 43.8. The molecule has 2 aromatic rings. The van der Waals surface area contributed by atoms with Crippen molar-refractivity contribution in [2.45, 2.75) is 26.3 Å². The molecule has 1 unspecified atom stereocenters. The van der Waals surface area contributed by atoms with Crippen molar-refractivity contribution in [2.24, 2.45) is 0 Å². The van der Waals surface area contributed by atoms with Crippen LogP contribution in [0, 0.1) is 12.7 Å². The number of esters is 1. The Kier molecular flexibility index (Phi) is 6.97. The van der Waals surface area contributed by atoms with E-state index in [1.807, 2.05) is 0 Å². The number of carbonyl (C=O) groups excluding carboxylic acids is 2. The first-order valence-electron chi connectivity index (χ1n) is 8.83. The van der Waals surface area contributed by atoms with Crippen LogP contribution in [-0.2, 0) is 19.6 Å². The number of sulfonamides is 1. The molecule has 156 valence electrons. The summed E-state index contributed by atoms with van der Waals surface area (Å²) in [5.74, 6) is -1.64. The van der Waals surface area contributed by atoms with E-state index in [-0.39, 0.29) is 17.7 Å². The molecule has 0 aromatic heterocycles. The molecule has 0 bridgehead atoms. The second kappa shape index (κ2) is 9.04. The molecule has 0 aliphatic rings. The molecule has 1 amide bonds. The standard InChI is InChI=1S/C20H23FN2O5S/c1-5-18(23(29(4,26)27)15-11-9-14(21)10-12-15)19(24)22-17-8-6-7-16(13(17)2)20(25)28-3/h6-12,18H,5H2,1-4H3,(H,22,24). The summed E-state index contributed by atoms with van der Waals surface area (Å²) >= 11 is 0. The molecule has 0 saturated carbocycles. The molecule has 2 aromatic carbocycles. The molecule has 0 saturated heterocycles. The highest BCUT2D eigenvalue weighted by Crippen LogP contribution is 2.25. The molecule has 0 aliphatic heterocycles. The molecule has 0 heterocycles. The van der Waals surface area contributed by atoms with Gasteiger partial charge in [-0.25, -0.2) is 17.6 Å². The predicted octanol–water partition coefficient (Wildman–Crippen LogP) is 3.10. The van der Waals surface area contributed by atoms with E-state index >= 15 is 0 Å². The second-order valence-electron chi connectivity index (χ2n) is 6.42. The van der Waals surface area contributed by atoms with E-state index in [2.05, 4.69) is 5.32 Å². The minimum atomic E-state index is -3.84. The van der Waals surface area contributed by atoms with E-state index in [9.17, 15) is 22.4 Å². The first-order valence-corrected chi connectivity index (χ1v) is 10.7. The first-order chi connectivity index (χ1) is 13.6. The molecule has 0 spiro atoms. The average molecular weight is 422 g/mol. The molecule has 1 atom stereocenters. The zero-order valence-corrected chi connectivity index (χ0v) is 17.4. The molecule has 7 nitrogen and oxygen atoms in total. The molecular weight excluding hydrogens is 399 g/mol. The number of rotatable bonds is 7. The third-order valence-corrected chi connectivity index (χ3v) is 5.59. The van der Waals surface area contributed by atoms with Crippen molar-refractivity contribution < 1.29 is 27.1 Å². The lowest BCUT2D eigenvalue weighted by atomic mass is 10.1. The van der Waals surface area contributed by atoms with E-state index in [1.165, 1.54) is 19.2 Å². The Bertz CT molecular complexity index is 1010. The lowest BCUT2D eigenvalue weighted by Crippen LogP contribution is -2.47. The van der Waals surface area contributed by atoms with Crippen LogP contribution in [0.2, 0.25) is 0 Å². The van der Waals surface area contributed by atoms with Gasteiger partial charge in [0.1, 0.15) is 11.9 Å². The first kappa shape index (κ1) is 22.4. The van der Waals surface area contributed by atoms with Crippen molar-refractivity contribution in [2.75, 3.05) is 23.0 Å². The fraction of sp³-hybridized carbons (Fsp3) is 0.300. The zero-order chi connectivity index (χ0) is 21.8. The van der Waals surface area contributed by atoms with Gasteiger partial charge in [0.05, 0.1) is 24.6 Å². The maximum Gasteiger partial charge on any atom is 0.338 e. The summed E-state index contributed by atoms with van der Waals surface area (Å²) in [5.41, 5.74) is 1.33. The Labute approximate surface area is 169 Å². The van der Waals surface area contributed by atoms with Gasteiger partial charge in [-0.15, -0.1) is 0 Å². The lowest BCUT2D eigenvalue weighted by molar-refractivity contribution is -0.117. The summed E-state index contributed by atoms with van der Waals surface area (Å²) in [6, 6.07) is 8.54. The third-order valence-electron chi connectivity index (χ3n) is 4.41. The van der Waals surface area contributed by atoms with Gasteiger partial charge in [0.25, 0.3) is 0 Å². The quantitative estimate of drug-likeness (QED) is 0.692. The number of benzene rings is 2. The van der Waals surface area contributed by atoms with Crippen molar-refractivity contribution in [3.8, 4) is 0 Å². The van der Waals surface area contributed by atoms with Crippen LogP contribution in [0.25, 0.3) is 0 Å². The van der Waals surface area contributed by atoms with Gasteiger partial charge in [-0.1, -0.05) is 13.0 Å². The van der Waals surface area contributed by atoms with E-state index in [0.717, 1.165) is 22.7 Å². The molecule has 9 heteroatoms. The van der Waals surface area contributed by atoms with Crippen molar-refractivity contribution in [1.29, 1.82) is 0 Å². The van der Waals surface area contributed by atoms with E-state index in [4.69, 9.17) is 4.74 Å². The van der Waals surface area contributed by atoms with Gasteiger partial charge in [0, 0.05) is 5.69 Å². The molecule has 0 aliphatic carbocycles. The number of hydrogen-bond donors (Lipinski definition) is 1. The van der Waals surface area contributed by atoms with Crippen LogP contribution in [0.1, 0.15) is 29.3 Å². The summed E-state index contributed by atoms with van der Waals surface area (Å²) in [4.78, 5) is 24.8. The van der Waals surface area contributed by atoms with Crippen LogP contribution in [0.5, 0.6) is 0 Å². The van der Waals surface area contributed by atoms with Crippen molar-refractivity contribution in [3.63, 3.8) is 0 Å². The summed E-state index contributed by atoms with van der Waals surface area (Å²) in [6.07, 6.45) is 1.15. The van der Waals surface area contributed by atoms with Crippen LogP contribution in [0.4, 0.5) is 15.8 Å². The SMILES string of the molecule is CCC(C(=O)Nc1cccc(C(=O)OC)c1C)N(c1ccc(F)cc1)S(C)(=O)=O. The highest BCUT2D eigenvalue weighted by molar-refractivity contribution is 7.92. The smallest absolute Gasteiger partial charge is 0.338 e. The van der Waals surface area contributed by atoms with Gasteiger partial charge >= 0.3 is 5.97 Å². The molecule has 0 radical (unpaired) electrons. The number of carbonyl (C=O) groups is 2. The Balaban J connectivity index is 2.41. The van der Waals surface area contributed by atoms with Crippen LogP contribution >= 0.6 is 0 Å². The Morgan fingerprint density at radius 3 is 2.31 bits per heavy atom. The zero-order valence-electron chi connectivity index (χ0n) is 16.6. The normalized spacial score (nSPS) is 12.2. The Morgan fingerprint density at radius 1 is 1.17 bits per heavy atom. The molecule has 29 heavy (non-hydrogen) atoms. The van der Waals surface area contributed by atoms with E-state index in [0.29, 0.717) is 11.3 Å². The van der Waals surface area contributed by atoms with Crippen LogP contribution < -0.4 is 9.62 Å². The topological polar surface area (TPSA) is 92.8 Å². The van der Waals surface area contributed by atoms with E-state index < -0.39 is 33.8 Å². The highest BCUT2D eigenvalue weighted by atomic mass is 32.2. The number of ether oxygens (including phenoxy) is 1. The molecular formula is C20H23FN2O5S. The number of anilines is 2. The van der Waals surface area contributed by atoms with Gasteiger partial charge in [0.15, 0.2) is 0 Å². The number of amides is 1. The fourth-order valence-electron chi connectivity index (χ4n) is 2.97. The van der Waals surface area contributed by atoms with Gasteiger partial charge in [-0.05, 0) is 55.3 Å². The van der Waals surface area contributed by atoms with Crippen LogP contribution in [0.15, 0.2) is 42.5 Å². The number of hydrogen-bond acceptors (Lipinski definition) is 5. The summed E-state index contributed by atoms with van der Waals surface area (Å²) in [7, 11) is -2.58. The summed E-state index contributed by atoms with van der Waals surface area (Å²) in [6.45, 7) is 3.32. The average Bonchev–Trinajstić information content (AvgIpc) is 2.67. The maximum atomic E-state index is 13.3. The second-order valence-corrected chi connectivity index (χ2v) is 8.28. The minimum absolute atomic E-state index is 0.173. The van der Waals surface area contributed by atoms with Crippen LogP contribution in [-0.4, -0.2) is 39.7 Å². The Morgan fingerprint density at radius 2 is 1.79 bits per heavy atom. The highest BCUT2D eigenvalue weighted by Gasteiger charge is 2.32. The fourth-order valence-corrected chi connectivity index (χ4v) is 4.18. The maximum absolute atomic E-state index is 13.3. The Hall–Kier alpha value is -2.94. The number of nitrogens with one attached hydrogen (secondary N) is 1. The minimum Gasteiger partial charge on any atom is -0.465 e. The van der Waals surface area contributed by atoms with Gasteiger partial charge in [-0.3, -0.25) is 9.10 Å². The van der Waals surface area contributed by atoms with Gasteiger partial charge in [-0.2, -0.15) is 0 Å². The van der Waals surface area contributed by atoms with Crippen molar-refractivity contribution >= 4 is 33.3 Å². The van der Waals surface area contributed by atoms with Gasteiger partial charge in [0.2, 0.25) is 15.9 Å². The number of methoxy groups -OCH3 is 1. The molecule has 0 fully saturated rings. The van der Waals surface area contributed by atoms with E-state index in [1.54, 1.807) is 32.0 Å². The largest absolute Gasteiger partial charge is 0.465 e. The molecule has 1 N–H and O–H groups in total. The number of nitrogens with zero attached hydrogens (tertiary/aromatic N) is 1. The van der Waals surface area contributed by atoms with Crippen molar-refractivity contribution in [1.82, 2.24) is 0 Å². The lowest BCUT2D eigenvalue weighted by Gasteiger charge is -2.30. The van der Waals surface area contributed by atoms with Gasteiger partial charge < -0.3 is 10.1 Å². The molecule has 2 rings (SSSR count).